The molecule has 0 saturated heterocycles. The van der Waals surface area contributed by atoms with Crippen LogP contribution in [-0.4, -0.2) is 38.9 Å². The van der Waals surface area contributed by atoms with Crippen LogP contribution in [0.25, 0.3) is 10.4 Å². The minimum Gasteiger partial charge on any atom is -0.465 e. The molecule has 168 valence electrons. The van der Waals surface area contributed by atoms with Crippen LogP contribution in [0.5, 0.6) is 0 Å². The van der Waals surface area contributed by atoms with Gasteiger partial charge in [-0.15, -0.1) is 11.3 Å². The highest BCUT2D eigenvalue weighted by Crippen LogP contribution is 2.39. The third kappa shape index (κ3) is 4.03. The van der Waals surface area contributed by atoms with Crippen LogP contribution in [0.3, 0.4) is 0 Å². The van der Waals surface area contributed by atoms with E-state index in [0.29, 0.717) is 23.8 Å². The van der Waals surface area contributed by atoms with Gasteiger partial charge >= 0.3 is 5.97 Å². The molecule has 0 radical (unpaired) electrons. The summed E-state index contributed by atoms with van der Waals surface area (Å²) in [5.41, 5.74) is 3.22. The summed E-state index contributed by atoms with van der Waals surface area (Å²) in [5, 5.41) is 4.81. The van der Waals surface area contributed by atoms with E-state index >= 15 is 0 Å². The van der Waals surface area contributed by atoms with E-state index in [-0.39, 0.29) is 15.7 Å². The Balaban J connectivity index is 1.72. The highest BCUT2D eigenvalue weighted by molar-refractivity contribution is 7.93. The lowest BCUT2D eigenvalue weighted by atomic mass is 10.00. The fourth-order valence-electron chi connectivity index (χ4n) is 3.68. The van der Waals surface area contributed by atoms with Gasteiger partial charge in [-0.1, -0.05) is 17.4 Å². The van der Waals surface area contributed by atoms with Crippen molar-refractivity contribution in [2.45, 2.75) is 31.6 Å². The number of hydrogen-bond acceptors (Lipinski definition) is 8. The Kier molecular flexibility index (Phi) is 6.06. The molecule has 0 unspecified atom stereocenters. The predicted molar refractivity (Wildman–Crippen MR) is 125 cm³/mol. The van der Waals surface area contributed by atoms with E-state index in [1.165, 1.54) is 35.7 Å². The number of ether oxygens (including phenoxy) is 1. The number of methoxy groups -OCH3 is 1. The first-order valence-corrected chi connectivity index (χ1v) is 12.9. The number of amides is 1. The Morgan fingerprint density at radius 1 is 1.25 bits per heavy atom. The van der Waals surface area contributed by atoms with Gasteiger partial charge in [-0.2, -0.15) is 0 Å². The van der Waals surface area contributed by atoms with Crippen LogP contribution in [0, 0.1) is 6.92 Å². The zero-order valence-corrected chi connectivity index (χ0v) is 20.1. The normalized spacial score (nSPS) is 13.5. The molecule has 0 saturated carbocycles. The summed E-state index contributed by atoms with van der Waals surface area (Å²) in [7, 11) is -2.70. The number of carbonyl (C=O) groups is 2. The standard InChI is InChI=1S/C21H21N3O5S3/c1-12-18(31-21(22-12)23-13(2)25)15-6-7-16-14(11-15)5-4-9-24(16)32(27,28)17-8-10-30-19(17)20(26)29-3/h6-8,10-11H,4-5,9H2,1-3H3,(H,22,23,25). The second-order valence-corrected chi connectivity index (χ2v) is 11.0. The lowest BCUT2D eigenvalue weighted by Gasteiger charge is -2.30. The van der Waals surface area contributed by atoms with Crippen LogP contribution < -0.4 is 9.62 Å². The molecule has 0 bridgehead atoms. The predicted octanol–water partition coefficient (Wildman–Crippen LogP) is 4.07. The number of aromatic nitrogens is 1. The van der Waals surface area contributed by atoms with Gasteiger partial charge in [0.2, 0.25) is 5.91 Å². The van der Waals surface area contributed by atoms with Gasteiger partial charge in [-0.3, -0.25) is 9.10 Å². The molecular weight excluding hydrogens is 470 g/mol. The Bertz CT molecular complexity index is 1310. The van der Waals surface area contributed by atoms with Crippen molar-refractivity contribution in [3.8, 4) is 10.4 Å². The average Bonchev–Trinajstić information content (AvgIpc) is 3.39. The number of carbonyl (C=O) groups excluding carboxylic acids is 2. The molecule has 8 nitrogen and oxygen atoms in total. The van der Waals surface area contributed by atoms with Crippen LogP contribution >= 0.6 is 22.7 Å². The maximum atomic E-state index is 13.4. The molecule has 1 aromatic carbocycles. The average molecular weight is 492 g/mol. The van der Waals surface area contributed by atoms with Crippen molar-refractivity contribution in [1.82, 2.24) is 4.98 Å². The number of esters is 1. The summed E-state index contributed by atoms with van der Waals surface area (Å²) in [5.74, 6) is -0.849. The largest absolute Gasteiger partial charge is 0.465 e. The third-order valence-electron chi connectivity index (χ3n) is 5.07. The number of rotatable bonds is 5. The number of sulfonamides is 1. The first kappa shape index (κ1) is 22.4. The summed E-state index contributed by atoms with van der Waals surface area (Å²) < 4.78 is 33.0. The molecule has 0 spiro atoms. The van der Waals surface area contributed by atoms with Gasteiger partial charge in [0.25, 0.3) is 10.0 Å². The molecule has 1 N–H and O–H groups in total. The van der Waals surface area contributed by atoms with Crippen molar-refractivity contribution in [1.29, 1.82) is 0 Å². The smallest absolute Gasteiger partial charge is 0.349 e. The van der Waals surface area contributed by atoms with Crippen molar-refractivity contribution < 1.29 is 22.7 Å². The molecule has 1 aliphatic rings. The zero-order chi connectivity index (χ0) is 23.0. The highest BCUT2D eigenvalue weighted by Gasteiger charge is 2.33. The summed E-state index contributed by atoms with van der Waals surface area (Å²) in [4.78, 5) is 28.7. The van der Waals surface area contributed by atoms with E-state index in [1.807, 2.05) is 19.1 Å². The third-order valence-corrected chi connectivity index (χ3v) is 9.07. The number of thiazole rings is 1. The zero-order valence-electron chi connectivity index (χ0n) is 17.7. The van der Waals surface area contributed by atoms with Crippen molar-refractivity contribution in [2.75, 3.05) is 23.3 Å². The maximum Gasteiger partial charge on any atom is 0.349 e. The quantitative estimate of drug-likeness (QED) is 0.540. The molecule has 0 atom stereocenters. The second kappa shape index (κ2) is 8.64. The highest BCUT2D eigenvalue weighted by atomic mass is 32.2. The van der Waals surface area contributed by atoms with Crippen LogP contribution in [0.1, 0.15) is 34.3 Å². The van der Waals surface area contributed by atoms with E-state index in [4.69, 9.17) is 4.74 Å². The summed E-state index contributed by atoms with van der Waals surface area (Å²) in [6, 6.07) is 7.07. The van der Waals surface area contributed by atoms with Crippen molar-refractivity contribution in [3.63, 3.8) is 0 Å². The Hall–Kier alpha value is -2.76. The molecule has 2 aromatic heterocycles. The van der Waals surface area contributed by atoms with Gasteiger partial charge < -0.3 is 10.1 Å². The molecule has 11 heteroatoms. The van der Waals surface area contributed by atoms with Gasteiger partial charge in [-0.05, 0) is 54.5 Å². The maximum absolute atomic E-state index is 13.4. The van der Waals surface area contributed by atoms with Gasteiger partial charge in [0, 0.05) is 13.5 Å². The molecule has 1 amide bonds. The fourth-order valence-corrected chi connectivity index (χ4v) is 7.54. The number of thiophene rings is 1. The summed E-state index contributed by atoms with van der Waals surface area (Å²) in [6.07, 6.45) is 1.39. The van der Waals surface area contributed by atoms with Crippen molar-refractivity contribution >= 4 is 55.4 Å². The second-order valence-electron chi connectivity index (χ2n) is 7.24. The molecule has 0 fully saturated rings. The SMILES string of the molecule is COC(=O)c1sccc1S(=O)(=O)N1CCCc2cc(-c3sc(NC(C)=O)nc3C)ccc21. The number of nitrogens with one attached hydrogen (secondary N) is 1. The van der Waals surface area contributed by atoms with Crippen molar-refractivity contribution in [2.24, 2.45) is 0 Å². The van der Waals surface area contributed by atoms with Crippen molar-refractivity contribution in [3.05, 3.63) is 45.8 Å². The number of benzene rings is 1. The van der Waals surface area contributed by atoms with E-state index < -0.39 is 16.0 Å². The summed E-state index contributed by atoms with van der Waals surface area (Å²) in [6.45, 7) is 3.64. The Labute approximate surface area is 193 Å². The number of aryl methyl sites for hydroxylation is 2. The first-order valence-electron chi connectivity index (χ1n) is 9.79. The number of fused-ring (bicyclic) bond motifs is 1. The van der Waals surface area contributed by atoms with Crippen LogP contribution in [0.4, 0.5) is 10.8 Å². The Morgan fingerprint density at radius 2 is 2.03 bits per heavy atom. The molecule has 1 aliphatic heterocycles. The molecule has 3 heterocycles. The van der Waals surface area contributed by atoms with E-state index in [2.05, 4.69) is 10.3 Å². The monoisotopic (exact) mass is 491 g/mol. The van der Waals surface area contributed by atoms with Gasteiger partial charge in [0.15, 0.2) is 5.13 Å². The van der Waals surface area contributed by atoms with E-state index in [0.717, 1.165) is 39.5 Å². The van der Waals surface area contributed by atoms with Crippen LogP contribution in [0.15, 0.2) is 34.5 Å². The molecule has 32 heavy (non-hydrogen) atoms. The lowest BCUT2D eigenvalue weighted by Crippen LogP contribution is -2.36. The molecule has 0 aliphatic carbocycles. The fraction of sp³-hybridized carbons (Fsp3) is 0.286. The summed E-state index contributed by atoms with van der Waals surface area (Å²) >= 11 is 2.42. The Morgan fingerprint density at radius 3 is 2.75 bits per heavy atom. The van der Waals surface area contributed by atoms with Crippen LogP contribution in [0.2, 0.25) is 0 Å². The number of hydrogen-bond donors (Lipinski definition) is 1. The van der Waals surface area contributed by atoms with Gasteiger partial charge in [0.1, 0.15) is 9.77 Å². The molecule has 3 aromatic rings. The van der Waals surface area contributed by atoms with E-state index in [1.54, 1.807) is 11.4 Å². The van der Waals surface area contributed by atoms with E-state index in [9.17, 15) is 18.0 Å². The first-order chi connectivity index (χ1) is 15.2. The molecule has 4 rings (SSSR count). The number of nitrogens with zero attached hydrogens (tertiary/aromatic N) is 2. The van der Waals surface area contributed by atoms with Crippen LogP contribution in [-0.2, 0) is 26.0 Å². The molecular formula is C21H21N3O5S3. The number of anilines is 2. The lowest BCUT2D eigenvalue weighted by molar-refractivity contribution is -0.114. The minimum absolute atomic E-state index is 0.0375. The topological polar surface area (TPSA) is 106 Å². The van der Waals surface area contributed by atoms with Gasteiger partial charge in [-0.25, -0.2) is 18.2 Å². The van der Waals surface area contributed by atoms with Gasteiger partial charge in [0.05, 0.1) is 23.4 Å². The minimum atomic E-state index is -3.93.